The molecule has 0 aromatic carbocycles. The summed E-state index contributed by atoms with van der Waals surface area (Å²) in [5, 5.41) is 0. The molecule has 5 atom stereocenters. The minimum atomic E-state index is 0.583. The zero-order valence-corrected chi connectivity index (χ0v) is 11.3. The second kappa shape index (κ2) is 2.17. The normalized spacial score (nSPS) is 64.4. The van der Waals surface area contributed by atoms with E-state index in [4.69, 9.17) is 0 Å². The van der Waals surface area contributed by atoms with Crippen LogP contribution in [-0.4, -0.2) is 0 Å². The third-order valence-corrected chi connectivity index (χ3v) is 7.81. The van der Waals surface area contributed by atoms with Crippen LogP contribution in [0.25, 0.3) is 0 Å². The van der Waals surface area contributed by atoms with Crippen LogP contribution in [0.3, 0.4) is 0 Å². The Morgan fingerprint density at radius 2 is 1.73 bits per heavy atom. The maximum absolute atomic E-state index is 2.60. The molecule has 0 radical (unpaired) electrons. The summed E-state index contributed by atoms with van der Waals surface area (Å²) in [6, 6.07) is 0. The minimum Gasteiger partial charge on any atom is -0.0651 e. The van der Waals surface area contributed by atoms with Gasteiger partial charge in [-0.2, -0.15) is 0 Å². The molecule has 4 rings (SSSR count). The molecule has 15 heavy (non-hydrogen) atoms. The lowest BCUT2D eigenvalue weighted by molar-refractivity contribution is -0.361. The lowest BCUT2D eigenvalue weighted by atomic mass is 9.20. The van der Waals surface area contributed by atoms with Gasteiger partial charge in [0.25, 0.3) is 0 Å². The fourth-order valence-corrected chi connectivity index (χ4v) is 7.04. The molecule has 0 heterocycles. The van der Waals surface area contributed by atoms with E-state index < -0.39 is 0 Å². The molecule has 0 amide bonds. The van der Waals surface area contributed by atoms with Crippen LogP contribution in [0, 0.1) is 33.5 Å². The molecule has 0 aromatic heterocycles. The summed E-state index contributed by atoms with van der Waals surface area (Å²) < 4.78 is 0. The molecule has 1 spiro atoms. The first-order chi connectivity index (χ1) is 6.78. The first-order valence-corrected chi connectivity index (χ1v) is 6.78. The molecule has 4 saturated carbocycles. The van der Waals surface area contributed by atoms with Crippen molar-refractivity contribution in [3.63, 3.8) is 0 Å². The van der Waals surface area contributed by atoms with Crippen molar-refractivity contribution in [1.82, 2.24) is 0 Å². The monoisotopic (exact) mass is 206 g/mol. The molecule has 4 aliphatic rings. The van der Waals surface area contributed by atoms with Gasteiger partial charge < -0.3 is 0 Å². The van der Waals surface area contributed by atoms with E-state index in [2.05, 4.69) is 41.5 Å². The van der Waals surface area contributed by atoms with E-state index >= 15 is 0 Å². The highest BCUT2D eigenvalue weighted by Crippen LogP contribution is 2.95. The maximum Gasteiger partial charge on any atom is -0.0155 e. The number of fused-ring (bicyclic) bond motifs is 1. The van der Waals surface area contributed by atoms with E-state index in [1.807, 2.05) is 0 Å². The van der Waals surface area contributed by atoms with E-state index in [-0.39, 0.29) is 0 Å². The Balaban J connectivity index is 2.11. The maximum atomic E-state index is 2.60. The lowest BCUT2D eigenvalue weighted by Crippen LogP contribution is -2.78. The first kappa shape index (κ1) is 10.2. The van der Waals surface area contributed by atoms with Crippen molar-refractivity contribution in [3.8, 4) is 0 Å². The van der Waals surface area contributed by atoms with Gasteiger partial charge in [-0.25, -0.2) is 0 Å². The highest BCUT2D eigenvalue weighted by molar-refractivity contribution is 5.37. The van der Waals surface area contributed by atoms with Crippen LogP contribution < -0.4 is 0 Å². The lowest BCUT2D eigenvalue weighted by Gasteiger charge is -2.83. The van der Waals surface area contributed by atoms with E-state index in [9.17, 15) is 0 Å². The average molecular weight is 206 g/mol. The van der Waals surface area contributed by atoms with Crippen molar-refractivity contribution in [3.05, 3.63) is 0 Å². The van der Waals surface area contributed by atoms with Gasteiger partial charge in [-0.05, 0) is 46.3 Å². The molecule has 0 N–H and O–H groups in total. The Morgan fingerprint density at radius 3 is 2.20 bits per heavy atom. The van der Waals surface area contributed by atoms with Gasteiger partial charge in [0.05, 0.1) is 0 Å². The summed E-state index contributed by atoms with van der Waals surface area (Å²) >= 11 is 0. The van der Waals surface area contributed by atoms with Crippen molar-refractivity contribution >= 4 is 0 Å². The second-order valence-corrected chi connectivity index (χ2v) is 7.66. The molecule has 86 valence electrons. The predicted molar refractivity (Wildman–Crippen MR) is 64.6 cm³/mol. The van der Waals surface area contributed by atoms with E-state index in [0.717, 1.165) is 17.3 Å². The van der Waals surface area contributed by atoms with Gasteiger partial charge in [0.2, 0.25) is 0 Å². The average Bonchev–Trinajstić information content (AvgIpc) is 2.48. The zero-order valence-electron chi connectivity index (χ0n) is 11.3. The minimum absolute atomic E-state index is 0.583. The molecule has 0 saturated heterocycles. The van der Waals surface area contributed by atoms with Gasteiger partial charge in [0.1, 0.15) is 0 Å². The van der Waals surface area contributed by atoms with Crippen LogP contribution in [0.1, 0.15) is 60.8 Å². The fourth-order valence-electron chi connectivity index (χ4n) is 7.04. The Kier molecular flexibility index (Phi) is 1.47. The first-order valence-electron chi connectivity index (χ1n) is 6.78. The van der Waals surface area contributed by atoms with Gasteiger partial charge in [-0.15, -0.1) is 0 Å². The van der Waals surface area contributed by atoms with Crippen molar-refractivity contribution in [2.75, 3.05) is 0 Å². The van der Waals surface area contributed by atoms with Crippen molar-refractivity contribution in [1.29, 1.82) is 0 Å². The number of hydrogen-bond donors (Lipinski definition) is 0. The molecule has 0 heteroatoms. The van der Waals surface area contributed by atoms with Crippen LogP contribution in [0.2, 0.25) is 0 Å². The largest absolute Gasteiger partial charge is 0.0651 e. The summed E-state index contributed by atoms with van der Waals surface area (Å²) in [4.78, 5) is 0. The van der Waals surface area contributed by atoms with Crippen molar-refractivity contribution < 1.29 is 0 Å². The quantitative estimate of drug-likeness (QED) is 0.593. The van der Waals surface area contributed by atoms with Crippen LogP contribution >= 0.6 is 0 Å². The smallest absolute Gasteiger partial charge is 0.0155 e. The predicted octanol–water partition coefficient (Wildman–Crippen LogP) is 4.49. The summed E-state index contributed by atoms with van der Waals surface area (Å²) in [6.45, 7) is 15.1. The second-order valence-electron chi connectivity index (χ2n) is 7.66. The van der Waals surface area contributed by atoms with E-state index in [1.165, 1.54) is 19.3 Å². The number of rotatable bonds is 1. The van der Waals surface area contributed by atoms with Gasteiger partial charge in [0, 0.05) is 0 Å². The molecule has 0 aromatic rings. The van der Waals surface area contributed by atoms with Gasteiger partial charge >= 0.3 is 0 Å². The molecule has 2 bridgehead atoms. The Labute approximate surface area is 94.8 Å². The Morgan fingerprint density at radius 1 is 1.13 bits per heavy atom. The van der Waals surface area contributed by atoms with Crippen LogP contribution in [0.15, 0.2) is 0 Å². The highest BCUT2D eigenvalue weighted by atomic mass is 14.9. The van der Waals surface area contributed by atoms with Gasteiger partial charge in [0.15, 0.2) is 0 Å². The summed E-state index contributed by atoms with van der Waals surface area (Å²) in [7, 11) is 0. The summed E-state index contributed by atoms with van der Waals surface area (Å²) in [5.74, 6) is 1.95. The summed E-state index contributed by atoms with van der Waals surface area (Å²) in [6.07, 6.45) is 4.44. The summed E-state index contributed by atoms with van der Waals surface area (Å²) in [5.41, 5.74) is 2.63. The molecular weight excluding hydrogens is 180 g/mol. The Hall–Kier alpha value is 0. The molecule has 4 aliphatic carbocycles. The standard InChI is InChI=1S/C15H26/c1-7-11-12(3,4)14(6)13(5)9-15(11,14)8-10(13)2/h10-11H,7-9H2,1-6H3. The van der Waals surface area contributed by atoms with Crippen LogP contribution in [0.5, 0.6) is 0 Å². The molecular formula is C15H26. The third kappa shape index (κ3) is 0.599. The van der Waals surface area contributed by atoms with E-state index in [0.29, 0.717) is 16.2 Å². The van der Waals surface area contributed by atoms with Gasteiger partial charge in [-0.1, -0.05) is 48.0 Å². The van der Waals surface area contributed by atoms with Crippen molar-refractivity contribution in [2.45, 2.75) is 60.8 Å². The topological polar surface area (TPSA) is 0 Å². The highest BCUT2D eigenvalue weighted by Gasteiger charge is 2.89. The van der Waals surface area contributed by atoms with Crippen LogP contribution in [0.4, 0.5) is 0 Å². The van der Waals surface area contributed by atoms with E-state index in [1.54, 1.807) is 0 Å². The molecule has 0 aliphatic heterocycles. The molecule has 5 unspecified atom stereocenters. The Bertz CT molecular complexity index is 325. The fraction of sp³-hybridized carbons (Fsp3) is 1.00. The number of hydrogen-bond acceptors (Lipinski definition) is 0. The van der Waals surface area contributed by atoms with Crippen molar-refractivity contribution in [2.24, 2.45) is 33.5 Å². The van der Waals surface area contributed by atoms with Gasteiger partial charge in [-0.3, -0.25) is 0 Å². The zero-order chi connectivity index (χ0) is 11.3. The van der Waals surface area contributed by atoms with Crippen LogP contribution in [-0.2, 0) is 0 Å². The molecule has 0 nitrogen and oxygen atoms in total. The third-order valence-electron chi connectivity index (χ3n) is 7.81. The SMILES string of the molecule is CCC1C(C)(C)C2(C)C3(C)CC12CC3C. The molecule has 4 fully saturated rings.